The number of rotatable bonds is 1. The number of hydrogen-bond donors (Lipinski definition) is 0. The average molecular weight is 297 g/mol. The first-order valence-corrected chi connectivity index (χ1v) is 7.28. The van der Waals surface area contributed by atoms with E-state index in [1.54, 1.807) is 0 Å². The van der Waals surface area contributed by atoms with E-state index in [9.17, 15) is 0 Å². The highest BCUT2D eigenvalue weighted by atomic mass is 35.5. The molecule has 0 aromatic heterocycles. The van der Waals surface area contributed by atoms with Crippen LogP contribution in [0.5, 0.6) is 0 Å². The van der Waals surface area contributed by atoms with E-state index in [0.717, 1.165) is 16.1 Å². The molecule has 3 aliphatic heterocycles. The van der Waals surface area contributed by atoms with E-state index < -0.39 is 5.79 Å². The Morgan fingerprint density at radius 3 is 2.85 bits per heavy atom. The van der Waals surface area contributed by atoms with Gasteiger partial charge in [0.05, 0.1) is 13.2 Å². The third kappa shape index (κ3) is 1.98. The van der Waals surface area contributed by atoms with Gasteiger partial charge in [-0.25, -0.2) is 0 Å². The topological polar surface area (TPSA) is 36.9 Å². The normalized spacial score (nSPS) is 38.0. The van der Waals surface area contributed by atoms with Crippen LogP contribution in [-0.2, 0) is 25.6 Å². The molecule has 5 heteroatoms. The number of fused-ring (bicyclic) bond motifs is 2. The van der Waals surface area contributed by atoms with Gasteiger partial charge < -0.3 is 18.9 Å². The summed E-state index contributed by atoms with van der Waals surface area (Å²) in [5.41, 5.74) is 2.28. The maximum Gasteiger partial charge on any atom is 0.164 e. The molecule has 0 spiro atoms. The molecule has 3 aliphatic rings. The van der Waals surface area contributed by atoms with Gasteiger partial charge in [-0.05, 0) is 37.1 Å². The smallest absolute Gasteiger partial charge is 0.164 e. The van der Waals surface area contributed by atoms with Gasteiger partial charge in [-0.3, -0.25) is 0 Å². The molecule has 108 valence electrons. The Morgan fingerprint density at radius 2 is 2.00 bits per heavy atom. The third-order valence-electron chi connectivity index (χ3n) is 4.13. The molecule has 0 aliphatic carbocycles. The Balaban J connectivity index is 1.61. The molecular formula is C15H17ClO4. The molecule has 1 aromatic carbocycles. The van der Waals surface area contributed by atoms with E-state index in [1.165, 1.54) is 0 Å². The molecule has 0 amide bonds. The van der Waals surface area contributed by atoms with Gasteiger partial charge in [-0.2, -0.15) is 0 Å². The van der Waals surface area contributed by atoms with Crippen molar-refractivity contribution in [2.75, 3.05) is 6.61 Å². The van der Waals surface area contributed by atoms with Crippen molar-refractivity contribution >= 4 is 11.6 Å². The lowest BCUT2D eigenvalue weighted by Crippen LogP contribution is -2.34. The fraction of sp³-hybridized carbons (Fsp3) is 0.600. The number of hydrogen-bond acceptors (Lipinski definition) is 4. The zero-order chi connectivity index (χ0) is 13.9. The van der Waals surface area contributed by atoms with Gasteiger partial charge in [-0.15, -0.1) is 0 Å². The van der Waals surface area contributed by atoms with E-state index >= 15 is 0 Å². The van der Waals surface area contributed by atoms with Gasteiger partial charge >= 0.3 is 0 Å². The lowest BCUT2D eigenvalue weighted by atomic mass is 9.98. The predicted octanol–water partition coefficient (Wildman–Crippen LogP) is 2.83. The van der Waals surface area contributed by atoms with Crippen molar-refractivity contribution in [3.8, 4) is 0 Å². The van der Waals surface area contributed by atoms with Crippen molar-refractivity contribution in [1.29, 1.82) is 0 Å². The Bertz CT molecular complexity index is 545. The van der Waals surface area contributed by atoms with Gasteiger partial charge in [0, 0.05) is 5.02 Å². The lowest BCUT2D eigenvalue weighted by molar-refractivity contribution is -0.187. The van der Waals surface area contributed by atoms with E-state index in [1.807, 2.05) is 32.0 Å². The fourth-order valence-electron chi connectivity index (χ4n) is 3.35. The molecule has 2 saturated heterocycles. The van der Waals surface area contributed by atoms with Crippen LogP contribution in [0.2, 0.25) is 5.02 Å². The van der Waals surface area contributed by atoms with Crippen LogP contribution in [0.25, 0.3) is 0 Å². The van der Waals surface area contributed by atoms with E-state index in [4.69, 9.17) is 30.5 Å². The van der Waals surface area contributed by atoms with Crippen LogP contribution >= 0.6 is 11.6 Å². The summed E-state index contributed by atoms with van der Waals surface area (Å²) in [6.45, 7) is 5.00. The number of halogens is 1. The quantitative estimate of drug-likeness (QED) is 0.798. The first-order valence-electron chi connectivity index (χ1n) is 6.91. The Labute approximate surface area is 122 Å². The molecule has 4 unspecified atom stereocenters. The van der Waals surface area contributed by atoms with E-state index in [2.05, 4.69) is 0 Å². The molecule has 4 rings (SSSR count). The summed E-state index contributed by atoms with van der Waals surface area (Å²) in [7, 11) is 0. The van der Waals surface area contributed by atoms with Crippen molar-refractivity contribution in [1.82, 2.24) is 0 Å². The molecule has 4 atom stereocenters. The second-order valence-electron chi connectivity index (χ2n) is 6.01. The Kier molecular flexibility index (Phi) is 2.88. The van der Waals surface area contributed by atoms with Gasteiger partial charge in [0.1, 0.15) is 24.4 Å². The van der Waals surface area contributed by atoms with Crippen LogP contribution in [0.15, 0.2) is 18.2 Å². The monoisotopic (exact) mass is 296 g/mol. The molecule has 20 heavy (non-hydrogen) atoms. The maximum absolute atomic E-state index is 6.03. The summed E-state index contributed by atoms with van der Waals surface area (Å²) in [5, 5.41) is 0.736. The van der Waals surface area contributed by atoms with Crippen LogP contribution in [0.1, 0.15) is 31.1 Å². The van der Waals surface area contributed by atoms with Crippen LogP contribution in [0.4, 0.5) is 0 Å². The molecule has 4 nitrogen and oxygen atoms in total. The number of benzene rings is 1. The highest BCUT2D eigenvalue weighted by Crippen LogP contribution is 2.44. The standard InChI is InChI=1S/C15H17ClO4/c1-15(2)19-11-7-18-14(13(11)20-15)12-10-4-3-9(16)5-8(10)6-17-12/h3-5,11-14H,6-7H2,1-2H3. The second kappa shape index (κ2) is 4.42. The third-order valence-corrected chi connectivity index (χ3v) is 4.36. The predicted molar refractivity (Wildman–Crippen MR) is 72.5 cm³/mol. The molecule has 0 saturated carbocycles. The van der Waals surface area contributed by atoms with Crippen molar-refractivity contribution in [3.05, 3.63) is 34.3 Å². The molecular weight excluding hydrogens is 280 g/mol. The van der Waals surface area contributed by atoms with Gasteiger partial charge in [0.25, 0.3) is 0 Å². The largest absolute Gasteiger partial charge is 0.370 e. The van der Waals surface area contributed by atoms with E-state index in [0.29, 0.717) is 13.2 Å². The first-order chi connectivity index (χ1) is 9.53. The summed E-state index contributed by atoms with van der Waals surface area (Å²) in [6, 6.07) is 5.87. The van der Waals surface area contributed by atoms with Crippen molar-refractivity contribution in [2.24, 2.45) is 0 Å². The molecule has 0 N–H and O–H groups in total. The summed E-state index contributed by atoms with van der Waals surface area (Å²) >= 11 is 6.03. The van der Waals surface area contributed by atoms with Crippen LogP contribution < -0.4 is 0 Å². The SMILES string of the molecule is CC1(C)OC2COC(C3OCc4cc(Cl)ccc43)C2O1. The minimum atomic E-state index is -0.543. The maximum atomic E-state index is 6.03. The molecule has 0 bridgehead atoms. The van der Waals surface area contributed by atoms with Crippen LogP contribution in [-0.4, -0.2) is 30.7 Å². The highest BCUT2D eigenvalue weighted by molar-refractivity contribution is 6.30. The van der Waals surface area contributed by atoms with Crippen LogP contribution in [0.3, 0.4) is 0 Å². The molecule has 3 heterocycles. The first kappa shape index (κ1) is 13.0. The second-order valence-corrected chi connectivity index (χ2v) is 6.45. The summed E-state index contributed by atoms with van der Waals surface area (Å²) < 4.78 is 23.6. The number of ether oxygens (including phenoxy) is 4. The minimum absolute atomic E-state index is 0.00468. The Morgan fingerprint density at radius 1 is 1.15 bits per heavy atom. The molecule has 2 fully saturated rings. The summed E-state index contributed by atoms with van der Waals surface area (Å²) in [6.07, 6.45) is -0.300. The summed E-state index contributed by atoms with van der Waals surface area (Å²) in [5.74, 6) is -0.543. The lowest BCUT2D eigenvalue weighted by Gasteiger charge is -2.25. The van der Waals surface area contributed by atoms with E-state index in [-0.39, 0.29) is 24.4 Å². The van der Waals surface area contributed by atoms with Crippen molar-refractivity contribution in [3.63, 3.8) is 0 Å². The van der Waals surface area contributed by atoms with Gasteiger partial charge in [-0.1, -0.05) is 17.7 Å². The van der Waals surface area contributed by atoms with Gasteiger partial charge in [0.15, 0.2) is 5.79 Å². The van der Waals surface area contributed by atoms with Crippen molar-refractivity contribution in [2.45, 2.75) is 50.7 Å². The molecule has 1 aromatic rings. The van der Waals surface area contributed by atoms with Gasteiger partial charge in [0.2, 0.25) is 0 Å². The van der Waals surface area contributed by atoms with Crippen LogP contribution in [0, 0.1) is 0 Å². The highest BCUT2D eigenvalue weighted by Gasteiger charge is 2.53. The van der Waals surface area contributed by atoms with Crippen molar-refractivity contribution < 1.29 is 18.9 Å². The zero-order valence-electron chi connectivity index (χ0n) is 11.5. The molecule has 0 radical (unpaired) electrons. The summed E-state index contributed by atoms with van der Waals surface area (Å²) in [4.78, 5) is 0. The minimum Gasteiger partial charge on any atom is -0.370 e. The zero-order valence-corrected chi connectivity index (χ0v) is 12.2. The average Bonchev–Trinajstić information content (AvgIpc) is 3.00. The Hall–Kier alpha value is -0.650. The fourth-order valence-corrected chi connectivity index (χ4v) is 3.54.